The molecular formula is C15H19N7. The molecule has 0 bridgehead atoms. The van der Waals surface area contributed by atoms with Crippen LogP contribution in [0.5, 0.6) is 0 Å². The van der Waals surface area contributed by atoms with Crippen LogP contribution in [0.15, 0.2) is 12.4 Å². The fraction of sp³-hybridized carbons (Fsp3) is 0.467. The first kappa shape index (κ1) is 13.2. The van der Waals surface area contributed by atoms with Crippen LogP contribution in [0.25, 0.3) is 5.65 Å². The van der Waals surface area contributed by atoms with E-state index in [0.717, 1.165) is 42.4 Å². The highest BCUT2D eigenvalue weighted by atomic mass is 15.4. The summed E-state index contributed by atoms with van der Waals surface area (Å²) in [5.41, 5.74) is 5.33. The van der Waals surface area contributed by atoms with Gasteiger partial charge in [0.2, 0.25) is 5.65 Å². The van der Waals surface area contributed by atoms with Gasteiger partial charge >= 0.3 is 0 Å². The molecule has 0 aliphatic carbocycles. The molecule has 0 atom stereocenters. The molecule has 0 spiro atoms. The number of aromatic amines is 1. The van der Waals surface area contributed by atoms with Crippen LogP contribution in [0.3, 0.4) is 0 Å². The van der Waals surface area contributed by atoms with Crippen molar-refractivity contribution in [1.82, 2.24) is 29.8 Å². The van der Waals surface area contributed by atoms with Gasteiger partial charge in [-0.15, -0.1) is 10.2 Å². The van der Waals surface area contributed by atoms with E-state index in [1.54, 1.807) is 10.8 Å². The molecule has 0 unspecified atom stereocenters. The van der Waals surface area contributed by atoms with Crippen LogP contribution in [0.2, 0.25) is 0 Å². The van der Waals surface area contributed by atoms with E-state index in [9.17, 15) is 0 Å². The summed E-state index contributed by atoms with van der Waals surface area (Å²) in [4.78, 5) is 10.2. The predicted octanol–water partition coefficient (Wildman–Crippen LogP) is 1.84. The number of anilines is 1. The van der Waals surface area contributed by atoms with Crippen molar-refractivity contribution in [3.8, 4) is 0 Å². The SMILES string of the molecule is Cc1nc2c([nH]1)CN(c1cc(C(C)C)nn3cnnc13)CC2. The molecule has 7 heteroatoms. The highest BCUT2D eigenvalue weighted by molar-refractivity contribution is 5.69. The number of H-pyrrole nitrogens is 1. The first-order chi connectivity index (χ1) is 10.6. The van der Waals surface area contributed by atoms with Crippen molar-refractivity contribution in [1.29, 1.82) is 0 Å². The summed E-state index contributed by atoms with van der Waals surface area (Å²) in [6.07, 6.45) is 2.61. The van der Waals surface area contributed by atoms with Gasteiger partial charge in [-0.05, 0) is 18.9 Å². The van der Waals surface area contributed by atoms with Gasteiger partial charge in [-0.3, -0.25) is 0 Å². The lowest BCUT2D eigenvalue weighted by atomic mass is 10.1. The third kappa shape index (κ3) is 2.04. The lowest BCUT2D eigenvalue weighted by molar-refractivity contribution is 0.700. The summed E-state index contributed by atoms with van der Waals surface area (Å²) in [7, 11) is 0. The maximum atomic E-state index is 4.58. The molecule has 7 nitrogen and oxygen atoms in total. The molecule has 3 aromatic heterocycles. The van der Waals surface area contributed by atoms with E-state index in [4.69, 9.17) is 0 Å². The molecule has 0 saturated heterocycles. The highest BCUT2D eigenvalue weighted by Crippen LogP contribution is 2.28. The van der Waals surface area contributed by atoms with Gasteiger partial charge in [-0.1, -0.05) is 13.8 Å². The van der Waals surface area contributed by atoms with Crippen LogP contribution in [-0.2, 0) is 13.0 Å². The van der Waals surface area contributed by atoms with Crippen LogP contribution >= 0.6 is 0 Å². The van der Waals surface area contributed by atoms with Crippen molar-refractivity contribution in [2.45, 2.75) is 39.7 Å². The minimum absolute atomic E-state index is 0.361. The Kier molecular flexibility index (Phi) is 2.88. The lowest BCUT2D eigenvalue weighted by Gasteiger charge is -2.28. The van der Waals surface area contributed by atoms with Crippen molar-refractivity contribution in [2.24, 2.45) is 0 Å². The molecule has 4 rings (SSSR count). The number of aromatic nitrogens is 6. The molecule has 0 fully saturated rings. The predicted molar refractivity (Wildman–Crippen MR) is 82.9 cm³/mol. The smallest absolute Gasteiger partial charge is 0.200 e. The Morgan fingerprint density at radius 2 is 2.18 bits per heavy atom. The quantitative estimate of drug-likeness (QED) is 0.781. The molecule has 22 heavy (non-hydrogen) atoms. The molecule has 0 radical (unpaired) electrons. The van der Waals surface area contributed by atoms with Crippen LogP contribution in [0.1, 0.15) is 42.7 Å². The molecule has 114 valence electrons. The van der Waals surface area contributed by atoms with Crippen molar-refractivity contribution in [2.75, 3.05) is 11.4 Å². The van der Waals surface area contributed by atoms with Gasteiger partial charge < -0.3 is 9.88 Å². The third-order valence-electron chi connectivity index (χ3n) is 4.15. The summed E-state index contributed by atoms with van der Waals surface area (Å²) in [6, 6.07) is 2.14. The zero-order valence-electron chi connectivity index (χ0n) is 13.0. The zero-order chi connectivity index (χ0) is 15.3. The Balaban J connectivity index is 1.79. The summed E-state index contributed by atoms with van der Waals surface area (Å²) in [6.45, 7) is 8.05. The number of hydrogen-bond acceptors (Lipinski definition) is 5. The third-order valence-corrected chi connectivity index (χ3v) is 4.15. The molecule has 1 aliphatic rings. The van der Waals surface area contributed by atoms with E-state index in [2.05, 4.69) is 50.1 Å². The van der Waals surface area contributed by atoms with E-state index in [0.29, 0.717) is 5.92 Å². The second kappa shape index (κ2) is 4.79. The molecule has 4 heterocycles. The Bertz CT molecular complexity index is 830. The normalized spacial score (nSPS) is 14.8. The average molecular weight is 297 g/mol. The number of nitrogens with zero attached hydrogens (tertiary/aromatic N) is 6. The second-order valence-electron chi connectivity index (χ2n) is 6.13. The van der Waals surface area contributed by atoms with Crippen LogP contribution in [0.4, 0.5) is 5.69 Å². The van der Waals surface area contributed by atoms with Gasteiger partial charge in [0, 0.05) is 13.0 Å². The zero-order valence-corrected chi connectivity index (χ0v) is 13.0. The Morgan fingerprint density at radius 3 is 3.00 bits per heavy atom. The molecule has 3 aromatic rings. The second-order valence-corrected chi connectivity index (χ2v) is 6.13. The van der Waals surface area contributed by atoms with Gasteiger partial charge in [-0.2, -0.15) is 9.61 Å². The number of fused-ring (bicyclic) bond motifs is 2. The standard InChI is InChI=1S/C15H19N7/c1-9(2)12-6-14(15-19-16-8-22(15)20-12)21-5-4-11-13(7-21)18-10(3)17-11/h6,8-9H,4-5,7H2,1-3H3,(H,17,18). The lowest BCUT2D eigenvalue weighted by Crippen LogP contribution is -2.31. The van der Waals surface area contributed by atoms with Crippen LogP contribution in [0, 0.1) is 6.92 Å². The molecule has 0 amide bonds. The fourth-order valence-electron chi connectivity index (χ4n) is 2.99. The molecule has 0 saturated carbocycles. The van der Waals surface area contributed by atoms with E-state index in [1.165, 1.54) is 11.4 Å². The first-order valence-electron chi connectivity index (χ1n) is 7.62. The number of imidazole rings is 1. The van der Waals surface area contributed by atoms with E-state index >= 15 is 0 Å². The van der Waals surface area contributed by atoms with Crippen molar-refractivity contribution in [3.63, 3.8) is 0 Å². The monoisotopic (exact) mass is 297 g/mol. The van der Waals surface area contributed by atoms with Crippen LogP contribution in [-0.4, -0.2) is 36.3 Å². The van der Waals surface area contributed by atoms with Gasteiger partial charge in [-0.25, -0.2) is 4.98 Å². The summed E-state index contributed by atoms with van der Waals surface area (Å²) in [5.74, 6) is 1.34. The molecule has 1 aliphatic heterocycles. The summed E-state index contributed by atoms with van der Waals surface area (Å²) < 4.78 is 1.78. The highest BCUT2D eigenvalue weighted by Gasteiger charge is 2.23. The van der Waals surface area contributed by atoms with Crippen molar-refractivity contribution < 1.29 is 0 Å². The largest absolute Gasteiger partial charge is 0.362 e. The molecular weight excluding hydrogens is 278 g/mol. The molecule has 0 aromatic carbocycles. The van der Waals surface area contributed by atoms with Gasteiger partial charge in [0.25, 0.3) is 0 Å². The van der Waals surface area contributed by atoms with Gasteiger partial charge in [0.05, 0.1) is 29.3 Å². The first-order valence-corrected chi connectivity index (χ1v) is 7.62. The molecule has 1 N–H and O–H groups in total. The Hall–Kier alpha value is -2.44. The van der Waals surface area contributed by atoms with Crippen molar-refractivity contribution >= 4 is 11.3 Å². The summed E-state index contributed by atoms with van der Waals surface area (Å²) in [5, 5.41) is 12.8. The minimum atomic E-state index is 0.361. The topological polar surface area (TPSA) is 75.0 Å². The number of rotatable bonds is 2. The van der Waals surface area contributed by atoms with Crippen molar-refractivity contribution in [3.05, 3.63) is 35.3 Å². The number of hydrogen-bond donors (Lipinski definition) is 1. The van der Waals surface area contributed by atoms with E-state index in [1.807, 2.05) is 6.92 Å². The Labute approximate surface area is 128 Å². The van der Waals surface area contributed by atoms with E-state index < -0.39 is 0 Å². The fourth-order valence-corrected chi connectivity index (χ4v) is 2.99. The minimum Gasteiger partial charge on any atom is -0.362 e. The maximum absolute atomic E-state index is 4.58. The van der Waals surface area contributed by atoms with Crippen LogP contribution < -0.4 is 4.90 Å². The Morgan fingerprint density at radius 1 is 1.32 bits per heavy atom. The average Bonchev–Trinajstić information content (AvgIpc) is 3.09. The van der Waals surface area contributed by atoms with E-state index in [-0.39, 0.29) is 0 Å². The number of aryl methyl sites for hydroxylation is 1. The summed E-state index contributed by atoms with van der Waals surface area (Å²) >= 11 is 0. The van der Waals surface area contributed by atoms with Gasteiger partial charge in [0.15, 0.2) is 0 Å². The van der Waals surface area contributed by atoms with Gasteiger partial charge in [0.1, 0.15) is 12.2 Å². The maximum Gasteiger partial charge on any atom is 0.200 e. The number of nitrogens with one attached hydrogen (secondary N) is 1.